The lowest BCUT2D eigenvalue weighted by Crippen LogP contribution is -2.44. The SMILES string of the molecule is CC(C)Oc1cc2nc(C3CCC(CN4CCC(c5ccc6c(c5)n(C)c(=O)n6C5CCC(=O)NC5=O)CC4)CC3)cn2cc1C(=O)Nc1cccn(C2CC2)c1=O. The number of imidazole rings is 2. The molecule has 0 bridgehead atoms. The van der Waals surface area contributed by atoms with Gasteiger partial charge in [0.2, 0.25) is 11.8 Å². The first-order valence-corrected chi connectivity index (χ1v) is 21.0. The van der Waals surface area contributed by atoms with E-state index in [0.29, 0.717) is 35.5 Å². The molecule has 4 aromatic heterocycles. The van der Waals surface area contributed by atoms with Crippen molar-refractivity contribution in [3.8, 4) is 5.75 Å². The lowest BCUT2D eigenvalue weighted by atomic mass is 9.80. The second-order valence-electron chi connectivity index (χ2n) is 17.2. The van der Waals surface area contributed by atoms with Crippen LogP contribution in [0.15, 0.2) is 64.6 Å². The fourth-order valence-corrected chi connectivity index (χ4v) is 9.51. The normalized spacial score (nSPS) is 22.2. The first-order chi connectivity index (χ1) is 28.0. The van der Waals surface area contributed by atoms with Gasteiger partial charge < -0.3 is 23.9 Å². The lowest BCUT2D eigenvalue weighted by Gasteiger charge is -2.36. The number of imide groups is 1. The molecule has 2 N–H and O–H groups in total. The average Bonchev–Trinajstić information content (AvgIpc) is 3.92. The van der Waals surface area contributed by atoms with E-state index in [1.165, 1.54) is 5.56 Å². The number of anilines is 1. The molecule has 58 heavy (non-hydrogen) atoms. The molecule has 4 aliphatic rings. The van der Waals surface area contributed by atoms with Crippen LogP contribution in [0.2, 0.25) is 0 Å². The molecule has 1 unspecified atom stereocenters. The van der Waals surface area contributed by atoms with Crippen LogP contribution >= 0.6 is 0 Å². The molecule has 0 radical (unpaired) electrons. The van der Waals surface area contributed by atoms with Gasteiger partial charge in [0, 0.05) is 56.6 Å². The third-order valence-corrected chi connectivity index (χ3v) is 12.8. The molecule has 0 spiro atoms. The number of nitrogens with one attached hydrogen (secondary N) is 2. The maximum Gasteiger partial charge on any atom is 0.329 e. The number of aromatic nitrogens is 5. The largest absolute Gasteiger partial charge is 0.490 e. The van der Waals surface area contributed by atoms with E-state index in [9.17, 15) is 24.0 Å². The van der Waals surface area contributed by atoms with E-state index in [1.54, 1.807) is 45.3 Å². The van der Waals surface area contributed by atoms with Gasteiger partial charge in [0.25, 0.3) is 11.5 Å². The summed E-state index contributed by atoms with van der Waals surface area (Å²) in [5.41, 5.74) is 4.71. The Kier molecular flexibility index (Phi) is 10.1. The highest BCUT2D eigenvalue weighted by Gasteiger charge is 2.33. The highest BCUT2D eigenvalue weighted by Crippen LogP contribution is 2.38. The molecule has 2 saturated heterocycles. The Morgan fingerprint density at radius 2 is 1.69 bits per heavy atom. The van der Waals surface area contributed by atoms with Crippen molar-refractivity contribution in [3.05, 3.63) is 92.6 Å². The average molecular weight is 789 g/mol. The van der Waals surface area contributed by atoms with Crippen LogP contribution in [0.5, 0.6) is 5.75 Å². The van der Waals surface area contributed by atoms with Crippen molar-refractivity contribution in [1.29, 1.82) is 0 Å². The first-order valence-electron chi connectivity index (χ1n) is 21.0. The number of nitrogens with zero attached hydrogens (tertiary/aromatic N) is 6. The molecule has 304 valence electrons. The molecule has 2 aliphatic carbocycles. The fraction of sp³-hybridized carbons (Fsp3) is 0.500. The summed E-state index contributed by atoms with van der Waals surface area (Å²) in [4.78, 5) is 71.9. The molecule has 1 atom stereocenters. The summed E-state index contributed by atoms with van der Waals surface area (Å²) >= 11 is 0. The summed E-state index contributed by atoms with van der Waals surface area (Å²) in [5, 5.41) is 5.23. The highest BCUT2D eigenvalue weighted by atomic mass is 16.5. The number of carbonyl (C=O) groups excluding carboxylic acids is 3. The number of hydrogen-bond donors (Lipinski definition) is 2. The molecule has 6 heterocycles. The van der Waals surface area contributed by atoms with Crippen LogP contribution in [-0.2, 0) is 16.6 Å². The van der Waals surface area contributed by atoms with Crippen molar-refractivity contribution in [2.24, 2.45) is 13.0 Å². The van der Waals surface area contributed by atoms with E-state index in [2.05, 4.69) is 27.7 Å². The van der Waals surface area contributed by atoms with Crippen LogP contribution < -0.4 is 26.6 Å². The number of piperidine rings is 2. The van der Waals surface area contributed by atoms with Gasteiger partial charge >= 0.3 is 5.69 Å². The fourth-order valence-electron chi connectivity index (χ4n) is 9.51. The van der Waals surface area contributed by atoms with E-state index in [4.69, 9.17) is 9.72 Å². The molecule has 2 aliphatic heterocycles. The van der Waals surface area contributed by atoms with Gasteiger partial charge in [-0.1, -0.05) is 6.07 Å². The van der Waals surface area contributed by atoms with Crippen LogP contribution in [0.3, 0.4) is 0 Å². The van der Waals surface area contributed by atoms with Crippen LogP contribution in [0.1, 0.15) is 124 Å². The standard InChI is InChI=1S/C44H52N8O6/c1-26(2)58-38-22-39-45-34(25-50(39)24-32(38)41(54)46-33-5-4-18-51(43(33)56)31-11-12-31)29-8-6-27(7-9-29)23-49-19-16-28(17-20-49)30-10-13-35-37(21-30)48(3)44(57)52(35)36-14-15-40(53)47-42(36)55/h4-5,10,13,18,21-22,24-29,31,36H,6-9,11-12,14-17,19-20,23H2,1-3H3,(H,46,54)(H,47,53,55). The lowest BCUT2D eigenvalue weighted by molar-refractivity contribution is -0.135. The van der Waals surface area contributed by atoms with Crippen molar-refractivity contribution >= 4 is 40.1 Å². The Labute approximate surface area is 336 Å². The smallest absolute Gasteiger partial charge is 0.329 e. The molecule has 3 amide bonds. The first kappa shape index (κ1) is 38.0. The predicted molar refractivity (Wildman–Crippen MR) is 220 cm³/mol. The Morgan fingerprint density at radius 3 is 2.41 bits per heavy atom. The number of rotatable bonds is 10. The minimum absolute atomic E-state index is 0.152. The number of ether oxygens (including phenoxy) is 1. The highest BCUT2D eigenvalue weighted by molar-refractivity contribution is 6.06. The van der Waals surface area contributed by atoms with Gasteiger partial charge in [-0.3, -0.25) is 33.6 Å². The number of aryl methyl sites for hydroxylation is 1. The summed E-state index contributed by atoms with van der Waals surface area (Å²) < 4.78 is 12.9. The van der Waals surface area contributed by atoms with Gasteiger partial charge in [-0.15, -0.1) is 0 Å². The Hall–Kier alpha value is -5.50. The van der Waals surface area contributed by atoms with Crippen molar-refractivity contribution in [2.45, 2.75) is 108 Å². The maximum atomic E-state index is 13.6. The number of fused-ring (bicyclic) bond motifs is 2. The number of carbonyl (C=O) groups is 3. The van der Waals surface area contributed by atoms with Gasteiger partial charge in [-0.25, -0.2) is 9.78 Å². The van der Waals surface area contributed by atoms with Gasteiger partial charge in [0.15, 0.2) is 0 Å². The third-order valence-electron chi connectivity index (χ3n) is 12.8. The molecule has 1 aromatic carbocycles. The summed E-state index contributed by atoms with van der Waals surface area (Å²) in [5.74, 6) is 0.718. The molecule has 5 aromatic rings. The predicted octanol–water partition coefficient (Wildman–Crippen LogP) is 5.65. The Morgan fingerprint density at radius 1 is 0.914 bits per heavy atom. The van der Waals surface area contributed by atoms with Crippen molar-refractivity contribution in [2.75, 3.05) is 25.0 Å². The quantitative estimate of drug-likeness (QED) is 0.172. The van der Waals surface area contributed by atoms with Crippen LogP contribution in [-0.4, -0.2) is 71.4 Å². The number of amides is 3. The maximum absolute atomic E-state index is 13.6. The summed E-state index contributed by atoms with van der Waals surface area (Å²) in [7, 11) is 1.75. The van der Waals surface area contributed by atoms with Crippen LogP contribution in [0, 0.1) is 5.92 Å². The Balaban J connectivity index is 0.813. The number of pyridine rings is 2. The molecule has 4 fully saturated rings. The summed E-state index contributed by atoms with van der Waals surface area (Å²) in [6, 6.07) is 11.0. The molecule has 14 heteroatoms. The number of benzene rings is 1. The van der Waals surface area contributed by atoms with Crippen LogP contribution in [0.4, 0.5) is 5.69 Å². The molecule has 2 saturated carbocycles. The van der Waals surface area contributed by atoms with Crippen molar-refractivity contribution in [3.63, 3.8) is 0 Å². The van der Waals surface area contributed by atoms with E-state index in [-0.39, 0.29) is 41.4 Å². The molecular weight excluding hydrogens is 737 g/mol. The number of hydrogen-bond acceptors (Lipinski definition) is 8. The zero-order valence-corrected chi connectivity index (χ0v) is 33.5. The molecule has 9 rings (SSSR count). The summed E-state index contributed by atoms with van der Waals surface area (Å²) in [6.45, 7) is 7.00. The zero-order chi connectivity index (χ0) is 40.2. The second kappa shape index (κ2) is 15.3. The minimum atomic E-state index is -0.681. The van der Waals surface area contributed by atoms with E-state index in [1.807, 2.05) is 36.6 Å². The van der Waals surface area contributed by atoms with Gasteiger partial charge in [0.1, 0.15) is 23.1 Å². The van der Waals surface area contributed by atoms with Crippen molar-refractivity contribution in [1.82, 2.24) is 33.3 Å². The van der Waals surface area contributed by atoms with E-state index < -0.39 is 17.9 Å². The second-order valence-corrected chi connectivity index (χ2v) is 17.2. The van der Waals surface area contributed by atoms with Crippen LogP contribution in [0.25, 0.3) is 16.7 Å². The minimum Gasteiger partial charge on any atom is -0.490 e. The molecular formula is C44H52N8O6. The topological polar surface area (TPSA) is 154 Å². The molecule has 14 nitrogen and oxygen atoms in total. The zero-order valence-electron chi connectivity index (χ0n) is 33.5. The van der Waals surface area contributed by atoms with E-state index in [0.717, 1.165) is 93.4 Å². The van der Waals surface area contributed by atoms with Gasteiger partial charge in [0.05, 0.1) is 28.4 Å². The van der Waals surface area contributed by atoms with Crippen molar-refractivity contribution < 1.29 is 19.1 Å². The van der Waals surface area contributed by atoms with Gasteiger partial charge in [-0.2, -0.15) is 0 Å². The third kappa shape index (κ3) is 7.38. The Bertz CT molecular complexity index is 2530. The van der Waals surface area contributed by atoms with Gasteiger partial charge in [-0.05, 0) is 126 Å². The monoisotopic (exact) mass is 788 g/mol. The van der Waals surface area contributed by atoms with E-state index >= 15 is 0 Å². The summed E-state index contributed by atoms with van der Waals surface area (Å²) in [6.07, 6.45) is 14.4. The number of likely N-dealkylation sites (tertiary alicyclic amines) is 1.